The highest BCUT2D eigenvalue weighted by Gasteiger charge is 2.30. The number of nitrogens with zero attached hydrogens (tertiary/aromatic N) is 2. The van der Waals surface area contributed by atoms with Gasteiger partial charge in [0.05, 0.1) is 11.3 Å². The van der Waals surface area contributed by atoms with Gasteiger partial charge >= 0.3 is 6.18 Å². The molecule has 0 saturated heterocycles. The van der Waals surface area contributed by atoms with Gasteiger partial charge in [-0.1, -0.05) is 87.5 Å². The third kappa shape index (κ3) is 10.1. The van der Waals surface area contributed by atoms with Crippen LogP contribution in [-0.2, 0) is 30.4 Å². The van der Waals surface area contributed by atoms with Crippen LogP contribution in [0.15, 0.2) is 83.7 Å². The number of hydrogen-bond acceptors (Lipinski definition) is 4. The Balaban J connectivity index is 0.000000218. The number of hydrogen-bond donors (Lipinski definition) is 2. The summed E-state index contributed by atoms with van der Waals surface area (Å²) in [6.45, 7) is 11.7. The van der Waals surface area contributed by atoms with E-state index in [1.54, 1.807) is 0 Å². The molecular formula is C38H45F3N4O2. The Bertz CT molecular complexity index is 1630. The summed E-state index contributed by atoms with van der Waals surface area (Å²) in [4.78, 5) is 33.9. The number of benzene rings is 3. The fourth-order valence-electron chi connectivity index (χ4n) is 5.99. The van der Waals surface area contributed by atoms with Gasteiger partial charge in [0.1, 0.15) is 5.82 Å². The molecule has 1 aliphatic rings. The second-order valence-electron chi connectivity index (χ2n) is 12.1. The number of nitrogens with one attached hydrogen (secondary N) is 2. The Hall–Kier alpha value is -4.24. The summed E-state index contributed by atoms with van der Waals surface area (Å²) < 4.78 is 37.5. The summed E-state index contributed by atoms with van der Waals surface area (Å²) in [5.74, 6) is 1.43. The lowest BCUT2D eigenvalue weighted by Crippen LogP contribution is -2.26. The zero-order valence-electron chi connectivity index (χ0n) is 27.7. The number of carbonyl (C=O) groups is 1. The van der Waals surface area contributed by atoms with Gasteiger partial charge in [0, 0.05) is 25.5 Å². The van der Waals surface area contributed by atoms with Crippen LogP contribution >= 0.6 is 0 Å². The first-order valence-corrected chi connectivity index (χ1v) is 16.4. The molecule has 1 aromatic heterocycles. The molecule has 2 N–H and O–H groups in total. The van der Waals surface area contributed by atoms with Crippen LogP contribution in [0.3, 0.4) is 0 Å². The van der Waals surface area contributed by atoms with Crippen LogP contribution in [0, 0.1) is 0 Å². The summed E-state index contributed by atoms with van der Waals surface area (Å²) in [7, 11) is 0. The number of aromatic nitrogens is 2. The maximum atomic E-state index is 12.7. The minimum Gasteiger partial charge on any atom is -0.352 e. The van der Waals surface area contributed by atoms with E-state index in [9.17, 15) is 22.8 Å². The molecule has 0 saturated carbocycles. The molecule has 1 amide bonds. The van der Waals surface area contributed by atoms with Crippen molar-refractivity contribution in [2.45, 2.75) is 77.9 Å². The number of halogens is 3. The molecule has 250 valence electrons. The van der Waals surface area contributed by atoms with Gasteiger partial charge in [-0.15, -0.1) is 0 Å². The van der Waals surface area contributed by atoms with Gasteiger partial charge < -0.3 is 15.2 Å². The number of fused-ring (bicyclic) bond motifs is 1. The Morgan fingerprint density at radius 1 is 0.979 bits per heavy atom. The first kappa shape index (κ1) is 35.6. The lowest BCUT2D eigenvalue weighted by Gasteiger charge is -2.20. The van der Waals surface area contributed by atoms with Crippen LogP contribution in [-0.4, -0.2) is 40.4 Å². The van der Waals surface area contributed by atoms with Crippen molar-refractivity contribution >= 4 is 5.91 Å². The van der Waals surface area contributed by atoms with E-state index in [4.69, 9.17) is 4.98 Å². The molecule has 6 nitrogen and oxygen atoms in total. The Morgan fingerprint density at radius 2 is 1.60 bits per heavy atom. The first-order valence-electron chi connectivity index (χ1n) is 16.4. The molecule has 1 aliphatic carbocycles. The second-order valence-corrected chi connectivity index (χ2v) is 12.1. The molecule has 47 heavy (non-hydrogen) atoms. The zero-order chi connectivity index (χ0) is 34.0. The van der Waals surface area contributed by atoms with Gasteiger partial charge in [-0.3, -0.25) is 9.59 Å². The Kier molecular flexibility index (Phi) is 12.5. The largest absolute Gasteiger partial charge is 0.416 e. The fourth-order valence-corrected chi connectivity index (χ4v) is 5.99. The lowest BCUT2D eigenvalue weighted by molar-refractivity contribution is -0.137. The van der Waals surface area contributed by atoms with E-state index in [1.165, 1.54) is 24.6 Å². The van der Waals surface area contributed by atoms with Crippen LogP contribution < -0.4 is 10.9 Å². The van der Waals surface area contributed by atoms with Crippen molar-refractivity contribution in [2.24, 2.45) is 0 Å². The number of carbonyl (C=O) groups excluding carboxylic acids is 1. The van der Waals surface area contributed by atoms with Gasteiger partial charge in [-0.25, -0.2) is 4.98 Å². The minimum atomic E-state index is -4.32. The number of aromatic amines is 1. The smallest absolute Gasteiger partial charge is 0.352 e. The van der Waals surface area contributed by atoms with Crippen LogP contribution in [0.5, 0.6) is 0 Å². The van der Waals surface area contributed by atoms with Gasteiger partial charge in [-0.05, 0) is 85.1 Å². The molecule has 2 unspecified atom stereocenters. The quantitative estimate of drug-likeness (QED) is 0.174. The highest BCUT2D eigenvalue weighted by molar-refractivity contribution is 5.72. The average molecular weight is 647 g/mol. The number of amides is 1. The topological polar surface area (TPSA) is 78.1 Å². The zero-order valence-corrected chi connectivity index (χ0v) is 27.7. The molecule has 0 radical (unpaired) electrons. The summed E-state index contributed by atoms with van der Waals surface area (Å²) >= 11 is 0. The maximum Gasteiger partial charge on any atom is 0.416 e. The molecule has 0 bridgehead atoms. The third-order valence-electron chi connectivity index (χ3n) is 8.82. The molecule has 2 atom stereocenters. The number of rotatable bonds is 11. The Morgan fingerprint density at radius 3 is 2.17 bits per heavy atom. The summed E-state index contributed by atoms with van der Waals surface area (Å²) in [6, 6.07) is 22.8. The highest BCUT2D eigenvalue weighted by Crippen LogP contribution is 2.33. The van der Waals surface area contributed by atoms with Crippen molar-refractivity contribution in [2.75, 3.05) is 19.6 Å². The van der Waals surface area contributed by atoms with Crippen molar-refractivity contribution in [1.82, 2.24) is 20.2 Å². The molecule has 0 spiro atoms. The van der Waals surface area contributed by atoms with E-state index in [0.717, 1.165) is 85.7 Å². The fraction of sp³-hybridized carbons (Fsp3) is 0.395. The highest BCUT2D eigenvalue weighted by atomic mass is 19.4. The van der Waals surface area contributed by atoms with Crippen LogP contribution in [0.1, 0.15) is 86.1 Å². The Labute approximate surface area is 275 Å². The predicted molar refractivity (Wildman–Crippen MR) is 181 cm³/mol. The second kappa shape index (κ2) is 16.5. The summed E-state index contributed by atoms with van der Waals surface area (Å²) in [5, 5.41) is 2.68. The van der Waals surface area contributed by atoms with Crippen LogP contribution in [0.25, 0.3) is 11.1 Å². The van der Waals surface area contributed by atoms with E-state index >= 15 is 0 Å². The van der Waals surface area contributed by atoms with E-state index < -0.39 is 11.7 Å². The maximum absolute atomic E-state index is 12.7. The van der Waals surface area contributed by atoms with Crippen molar-refractivity contribution in [1.29, 1.82) is 0 Å². The molecule has 1 heterocycles. The number of aryl methyl sites for hydroxylation is 1. The molecule has 3 aromatic carbocycles. The lowest BCUT2D eigenvalue weighted by atomic mass is 9.97. The number of alkyl halides is 3. The van der Waals surface area contributed by atoms with E-state index in [0.29, 0.717) is 23.9 Å². The molecule has 4 aromatic rings. The predicted octanol–water partition coefficient (Wildman–Crippen LogP) is 7.89. The third-order valence-corrected chi connectivity index (χ3v) is 8.82. The standard InChI is InChI=1S/C22H31N3O.C16H14F3NO/c1-4-25(5-2)14-13-18-11-12-19-21(18)22(26)24-20(23-19)15-16(3)17-9-7-6-8-10-17;1-11(21)20-10-12-2-4-13(5-3-12)14-6-8-15(9-7-14)16(17,18)19/h6-10,16,18H,4-5,11-15H2,1-3H3,(H,23,24,26);2-9H,10H2,1H3,(H,20,21). The van der Waals surface area contributed by atoms with Gasteiger partial charge in [0.25, 0.3) is 5.56 Å². The van der Waals surface area contributed by atoms with Gasteiger partial charge in [-0.2, -0.15) is 13.2 Å². The normalized spacial score (nSPS) is 14.7. The van der Waals surface area contributed by atoms with Crippen molar-refractivity contribution in [3.63, 3.8) is 0 Å². The molecular weight excluding hydrogens is 601 g/mol. The average Bonchev–Trinajstić information content (AvgIpc) is 3.48. The first-order chi connectivity index (χ1) is 22.5. The van der Waals surface area contributed by atoms with Crippen molar-refractivity contribution in [3.8, 4) is 11.1 Å². The molecule has 0 fully saturated rings. The SMILES string of the molecule is CC(=O)NCc1ccc(-c2ccc(C(F)(F)F)cc2)cc1.CCN(CC)CCC1CCc2nc(CC(C)c3ccccc3)[nH]c(=O)c21. The van der Waals surface area contributed by atoms with Crippen LogP contribution in [0.2, 0.25) is 0 Å². The number of H-pyrrole nitrogens is 1. The van der Waals surface area contributed by atoms with E-state index in [1.807, 2.05) is 30.3 Å². The summed E-state index contributed by atoms with van der Waals surface area (Å²) in [6.07, 6.45) is -0.490. The van der Waals surface area contributed by atoms with Gasteiger partial charge in [0.15, 0.2) is 0 Å². The van der Waals surface area contributed by atoms with Crippen molar-refractivity contribution < 1.29 is 18.0 Å². The van der Waals surface area contributed by atoms with Crippen LogP contribution in [0.4, 0.5) is 13.2 Å². The molecule has 5 rings (SSSR count). The summed E-state index contributed by atoms with van der Waals surface area (Å²) in [5.41, 5.74) is 5.18. The molecule has 0 aliphatic heterocycles. The van der Waals surface area contributed by atoms with Gasteiger partial charge in [0.2, 0.25) is 5.91 Å². The minimum absolute atomic E-state index is 0.0901. The monoisotopic (exact) mass is 646 g/mol. The van der Waals surface area contributed by atoms with Crippen molar-refractivity contribution in [3.05, 3.63) is 123 Å². The van der Waals surface area contributed by atoms with E-state index in [-0.39, 0.29) is 11.5 Å². The van der Waals surface area contributed by atoms with E-state index in [2.05, 4.69) is 60.2 Å². The molecule has 9 heteroatoms.